The Morgan fingerprint density at radius 3 is 2.42 bits per heavy atom. The van der Waals surface area contributed by atoms with E-state index in [1.165, 1.54) is 0 Å². The Labute approximate surface area is 166 Å². The van der Waals surface area contributed by atoms with E-state index in [0.29, 0.717) is 34.6 Å². The maximum atomic E-state index is 12.6. The zero-order chi connectivity index (χ0) is 18.7. The van der Waals surface area contributed by atoms with Gasteiger partial charge in [-0.1, -0.05) is 29.3 Å². The van der Waals surface area contributed by atoms with Gasteiger partial charge in [0.2, 0.25) is 5.91 Å². The van der Waals surface area contributed by atoms with Crippen LogP contribution >= 0.6 is 23.2 Å². The van der Waals surface area contributed by atoms with Crippen LogP contribution in [-0.4, -0.2) is 60.6 Å². The first-order valence-corrected chi connectivity index (χ1v) is 10.3. The molecule has 0 aliphatic carbocycles. The van der Waals surface area contributed by atoms with Crippen molar-refractivity contribution >= 4 is 29.1 Å². The van der Waals surface area contributed by atoms with Crippen molar-refractivity contribution in [3.8, 4) is 0 Å². The number of carbonyl (C=O) groups excluding carboxylic acids is 1. The summed E-state index contributed by atoms with van der Waals surface area (Å²) in [6.07, 6.45) is 3.11. The number of ether oxygens (including phenoxy) is 1. The third kappa shape index (κ3) is 5.35. The molecule has 2 aliphatic rings. The maximum Gasteiger partial charge on any atom is 0.227 e. The molecule has 144 valence electrons. The lowest BCUT2D eigenvalue weighted by Crippen LogP contribution is -2.48. The van der Waals surface area contributed by atoms with Gasteiger partial charge in [0.25, 0.3) is 0 Å². The number of halogens is 2. The molecule has 0 aromatic heterocycles. The quantitative estimate of drug-likeness (QED) is 0.770. The molecule has 0 bridgehead atoms. The summed E-state index contributed by atoms with van der Waals surface area (Å²) >= 11 is 12.1. The Morgan fingerprint density at radius 1 is 1.15 bits per heavy atom. The predicted octanol–water partition coefficient (Wildman–Crippen LogP) is 3.88. The Balaban J connectivity index is 1.46. The van der Waals surface area contributed by atoms with Crippen LogP contribution in [0.5, 0.6) is 0 Å². The van der Waals surface area contributed by atoms with Gasteiger partial charge in [-0.3, -0.25) is 9.69 Å². The third-order valence-electron chi connectivity index (χ3n) is 5.34. The summed E-state index contributed by atoms with van der Waals surface area (Å²) in [5, 5.41) is 1.16. The fraction of sp³-hybridized carbons (Fsp3) is 0.650. The number of carbonyl (C=O) groups is 1. The standard InChI is InChI=1S/C20H28Cl2N2O2/c1-14-11-23(12-15(2)26-14)13-16-5-7-24(8-6-16)20(25)9-17-3-4-18(21)10-19(17)22/h3-4,10,14-16H,5-9,11-13H2,1-2H3. The van der Waals surface area contributed by atoms with E-state index in [4.69, 9.17) is 27.9 Å². The lowest BCUT2D eigenvalue weighted by atomic mass is 9.95. The van der Waals surface area contributed by atoms with Gasteiger partial charge in [-0.05, 0) is 50.3 Å². The first-order valence-electron chi connectivity index (χ1n) is 9.50. The SMILES string of the molecule is CC1CN(CC2CCN(C(=O)Cc3ccc(Cl)cc3Cl)CC2)CC(C)O1. The fourth-order valence-corrected chi connectivity index (χ4v) is 4.58. The molecule has 2 aliphatic heterocycles. The molecule has 0 N–H and O–H groups in total. The Morgan fingerprint density at radius 2 is 1.81 bits per heavy atom. The summed E-state index contributed by atoms with van der Waals surface area (Å²) in [5.41, 5.74) is 0.847. The topological polar surface area (TPSA) is 32.8 Å². The number of hydrogen-bond acceptors (Lipinski definition) is 3. The van der Waals surface area contributed by atoms with Crippen LogP contribution in [0.15, 0.2) is 18.2 Å². The van der Waals surface area contributed by atoms with E-state index >= 15 is 0 Å². The largest absolute Gasteiger partial charge is 0.373 e. The highest BCUT2D eigenvalue weighted by atomic mass is 35.5. The second kappa shape index (κ2) is 8.92. The number of nitrogens with zero attached hydrogens (tertiary/aromatic N) is 2. The molecule has 1 aromatic carbocycles. The van der Waals surface area contributed by atoms with Crippen LogP contribution in [0, 0.1) is 5.92 Å². The number of amides is 1. The van der Waals surface area contributed by atoms with E-state index in [9.17, 15) is 4.79 Å². The lowest BCUT2D eigenvalue weighted by Gasteiger charge is -2.39. The molecule has 2 heterocycles. The van der Waals surface area contributed by atoms with Crippen LogP contribution in [0.2, 0.25) is 10.0 Å². The Bertz CT molecular complexity index is 622. The van der Waals surface area contributed by atoms with Crippen molar-refractivity contribution < 1.29 is 9.53 Å². The minimum Gasteiger partial charge on any atom is -0.373 e. The molecule has 2 atom stereocenters. The molecule has 0 saturated carbocycles. The smallest absolute Gasteiger partial charge is 0.227 e. The van der Waals surface area contributed by atoms with Gasteiger partial charge in [-0.2, -0.15) is 0 Å². The molecule has 2 unspecified atom stereocenters. The molecule has 4 nitrogen and oxygen atoms in total. The predicted molar refractivity (Wildman–Crippen MR) is 106 cm³/mol. The third-order valence-corrected chi connectivity index (χ3v) is 5.92. The maximum absolute atomic E-state index is 12.6. The van der Waals surface area contributed by atoms with E-state index in [-0.39, 0.29) is 5.91 Å². The average molecular weight is 399 g/mol. The number of piperidine rings is 1. The summed E-state index contributed by atoms with van der Waals surface area (Å²) in [5.74, 6) is 0.817. The molecule has 0 spiro atoms. The first-order chi connectivity index (χ1) is 12.4. The van der Waals surface area contributed by atoms with Crippen LogP contribution < -0.4 is 0 Å². The number of morpholine rings is 1. The summed E-state index contributed by atoms with van der Waals surface area (Å²) < 4.78 is 5.81. The molecule has 26 heavy (non-hydrogen) atoms. The van der Waals surface area contributed by atoms with Crippen molar-refractivity contribution in [2.75, 3.05) is 32.7 Å². The van der Waals surface area contributed by atoms with Crippen LogP contribution in [0.3, 0.4) is 0 Å². The van der Waals surface area contributed by atoms with E-state index < -0.39 is 0 Å². The van der Waals surface area contributed by atoms with Gasteiger partial charge >= 0.3 is 0 Å². The Kier molecular flexibility index (Phi) is 6.84. The van der Waals surface area contributed by atoms with Crippen LogP contribution in [-0.2, 0) is 16.0 Å². The van der Waals surface area contributed by atoms with Crippen molar-refractivity contribution in [3.63, 3.8) is 0 Å². The molecule has 0 radical (unpaired) electrons. The Hall–Kier alpha value is -0.810. The van der Waals surface area contributed by atoms with E-state index in [0.717, 1.165) is 51.1 Å². The second-order valence-electron chi connectivity index (χ2n) is 7.71. The van der Waals surface area contributed by atoms with Crippen LogP contribution in [0.1, 0.15) is 32.3 Å². The van der Waals surface area contributed by atoms with Gasteiger partial charge in [0.05, 0.1) is 18.6 Å². The number of benzene rings is 1. The molecular formula is C20H28Cl2N2O2. The molecule has 2 saturated heterocycles. The first kappa shape index (κ1) is 19.9. The van der Waals surface area contributed by atoms with Crippen molar-refractivity contribution in [2.45, 2.75) is 45.3 Å². The van der Waals surface area contributed by atoms with Crippen LogP contribution in [0.25, 0.3) is 0 Å². The van der Waals surface area contributed by atoms with Crippen molar-refractivity contribution in [3.05, 3.63) is 33.8 Å². The van der Waals surface area contributed by atoms with Crippen molar-refractivity contribution in [1.29, 1.82) is 0 Å². The molecule has 3 rings (SSSR count). The highest BCUT2D eigenvalue weighted by Gasteiger charge is 2.28. The molecule has 1 aromatic rings. The average Bonchev–Trinajstić information content (AvgIpc) is 2.57. The summed E-state index contributed by atoms with van der Waals surface area (Å²) in [7, 11) is 0. The minimum absolute atomic E-state index is 0.154. The zero-order valence-electron chi connectivity index (χ0n) is 15.6. The van der Waals surface area contributed by atoms with Gasteiger partial charge in [-0.25, -0.2) is 0 Å². The fourth-order valence-electron chi connectivity index (χ4n) is 4.10. The van der Waals surface area contributed by atoms with Gasteiger partial charge in [-0.15, -0.1) is 0 Å². The minimum atomic E-state index is 0.154. The van der Waals surface area contributed by atoms with E-state index in [1.807, 2.05) is 11.0 Å². The van der Waals surface area contributed by atoms with Crippen molar-refractivity contribution in [2.24, 2.45) is 5.92 Å². The number of hydrogen-bond donors (Lipinski definition) is 0. The van der Waals surface area contributed by atoms with Gasteiger partial charge in [0.15, 0.2) is 0 Å². The highest BCUT2D eigenvalue weighted by molar-refractivity contribution is 6.35. The van der Waals surface area contributed by atoms with Gasteiger partial charge in [0, 0.05) is 42.8 Å². The summed E-state index contributed by atoms with van der Waals surface area (Å²) in [4.78, 5) is 17.1. The molecule has 2 fully saturated rings. The highest BCUT2D eigenvalue weighted by Crippen LogP contribution is 2.24. The zero-order valence-corrected chi connectivity index (χ0v) is 17.1. The monoisotopic (exact) mass is 398 g/mol. The molecule has 6 heteroatoms. The van der Waals surface area contributed by atoms with E-state index in [2.05, 4.69) is 18.7 Å². The number of likely N-dealkylation sites (tertiary alicyclic amines) is 1. The summed E-state index contributed by atoms with van der Waals surface area (Å²) in [6, 6.07) is 5.32. The summed E-state index contributed by atoms with van der Waals surface area (Å²) in [6.45, 7) is 9.10. The lowest BCUT2D eigenvalue weighted by molar-refractivity contribution is -0.132. The van der Waals surface area contributed by atoms with Gasteiger partial charge < -0.3 is 9.64 Å². The molecular weight excluding hydrogens is 371 g/mol. The van der Waals surface area contributed by atoms with Crippen LogP contribution in [0.4, 0.5) is 0 Å². The normalized spacial score (nSPS) is 25.5. The second-order valence-corrected chi connectivity index (χ2v) is 8.56. The van der Waals surface area contributed by atoms with Gasteiger partial charge in [0.1, 0.15) is 0 Å². The molecule has 1 amide bonds. The number of rotatable bonds is 4. The van der Waals surface area contributed by atoms with E-state index in [1.54, 1.807) is 12.1 Å². The van der Waals surface area contributed by atoms with Crippen molar-refractivity contribution in [1.82, 2.24) is 9.80 Å².